The Labute approximate surface area is 149 Å². The molecule has 2 aromatic carbocycles. The number of anilines is 3. The first kappa shape index (κ1) is 16.4. The topological polar surface area (TPSA) is 90.7 Å². The summed E-state index contributed by atoms with van der Waals surface area (Å²) < 4.78 is 0. The molecule has 0 atom stereocenters. The predicted molar refractivity (Wildman–Crippen MR) is 95.9 cm³/mol. The third kappa shape index (κ3) is 4.10. The summed E-state index contributed by atoms with van der Waals surface area (Å²) in [6.45, 7) is 0. The summed E-state index contributed by atoms with van der Waals surface area (Å²) in [6, 6.07) is 17.5. The van der Waals surface area contributed by atoms with E-state index in [1.165, 1.54) is 12.4 Å². The van der Waals surface area contributed by atoms with Gasteiger partial charge in [0.2, 0.25) is 0 Å². The first-order chi connectivity index (χ1) is 12.2. The van der Waals surface area contributed by atoms with Gasteiger partial charge in [-0.3, -0.25) is 4.79 Å². The first-order valence-electron chi connectivity index (χ1n) is 7.31. The minimum Gasteiger partial charge on any atom is -0.340 e. The lowest BCUT2D eigenvalue weighted by Gasteiger charge is -2.08. The van der Waals surface area contributed by atoms with E-state index in [9.17, 15) is 4.79 Å². The van der Waals surface area contributed by atoms with Crippen LogP contribution in [-0.2, 0) is 0 Å². The van der Waals surface area contributed by atoms with Crippen LogP contribution in [0.1, 0.15) is 16.1 Å². The van der Waals surface area contributed by atoms with Crippen molar-refractivity contribution >= 4 is 34.7 Å². The summed E-state index contributed by atoms with van der Waals surface area (Å²) >= 11 is 6.04. The van der Waals surface area contributed by atoms with E-state index in [4.69, 9.17) is 16.9 Å². The van der Waals surface area contributed by atoms with Gasteiger partial charge in [-0.2, -0.15) is 5.26 Å². The smallest absolute Gasteiger partial charge is 0.274 e. The van der Waals surface area contributed by atoms with E-state index in [2.05, 4.69) is 26.7 Å². The number of aromatic nitrogens is 2. The molecule has 2 N–H and O–H groups in total. The van der Waals surface area contributed by atoms with Gasteiger partial charge < -0.3 is 10.6 Å². The largest absolute Gasteiger partial charge is 0.340 e. The molecule has 0 aliphatic heterocycles. The van der Waals surface area contributed by atoms with Gasteiger partial charge in [-0.15, -0.1) is 0 Å². The summed E-state index contributed by atoms with van der Waals surface area (Å²) in [5.74, 6) is 0.0405. The Morgan fingerprint density at radius 3 is 2.72 bits per heavy atom. The van der Waals surface area contributed by atoms with E-state index in [1.807, 2.05) is 0 Å². The maximum absolute atomic E-state index is 12.3. The zero-order chi connectivity index (χ0) is 17.6. The maximum atomic E-state index is 12.3. The van der Waals surface area contributed by atoms with Crippen LogP contribution in [-0.4, -0.2) is 15.9 Å². The van der Waals surface area contributed by atoms with Gasteiger partial charge in [-0.05, 0) is 30.3 Å². The third-order valence-electron chi connectivity index (χ3n) is 3.29. The van der Waals surface area contributed by atoms with Gasteiger partial charge in [0.1, 0.15) is 17.8 Å². The zero-order valence-corrected chi connectivity index (χ0v) is 13.7. The highest BCUT2D eigenvalue weighted by molar-refractivity contribution is 6.33. The average molecular weight is 350 g/mol. The second-order valence-electron chi connectivity index (χ2n) is 5.04. The Morgan fingerprint density at radius 1 is 1.08 bits per heavy atom. The lowest BCUT2D eigenvalue weighted by Crippen LogP contribution is -2.14. The molecule has 6 nitrogen and oxygen atoms in total. The number of hydrogen-bond acceptors (Lipinski definition) is 5. The second kappa shape index (κ2) is 7.43. The van der Waals surface area contributed by atoms with Gasteiger partial charge in [0.05, 0.1) is 22.3 Å². The summed E-state index contributed by atoms with van der Waals surface area (Å²) in [4.78, 5) is 20.4. The SMILES string of the molecule is N#Cc1cccc(Nc2cc(C(=O)Nc3ccccc3Cl)ncn2)c1. The fourth-order valence-electron chi connectivity index (χ4n) is 2.11. The molecule has 3 aromatic rings. The van der Waals surface area contributed by atoms with Crippen LogP contribution in [0.25, 0.3) is 0 Å². The molecule has 1 amide bonds. The molecule has 0 spiro atoms. The Bertz CT molecular complexity index is 967. The van der Waals surface area contributed by atoms with E-state index in [0.29, 0.717) is 27.8 Å². The minimum atomic E-state index is -0.399. The number of nitriles is 1. The highest BCUT2D eigenvalue weighted by Gasteiger charge is 2.11. The summed E-state index contributed by atoms with van der Waals surface area (Å²) in [6.07, 6.45) is 1.29. The van der Waals surface area contributed by atoms with Crippen LogP contribution in [0.15, 0.2) is 60.9 Å². The Morgan fingerprint density at radius 2 is 1.92 bits per heavy atom. The number of hydrogen-bond donors (Lipinski definition) is 2. The molecule has 0 fully saturated rings. The lowest BCUT2D eigenvalue weighted by molar-refractivity contribution is 0.102. The maximum Gasteiger partial charge on any atom is 0.274 e. The highest BCUT2D eigenvalue weighted by Crippen LogP contribution is 2.21. The average Bonchev–Trinajstić information content (AvgIpc) is 2.64. The van der Waals surface area contributed by atoms with Gasteiger partial charge in [0, 0.05) is 11.8 Å². The normalized spacial score (nSPS) is 9.92. The number of amides is 1. The Kier molecular flexibility index (Phi) is 4.88. The quantitative estimate of drug-likeness (QED) is 0.743. The lowest BCUT2D eigenvalue weighted by atomic mass is 10.2. The van der Waals surface area contributed by atoms with Gasteiger partial charge in [0.15, 0.2) is 0 Å². The van der Waals surface area contributed by atoms with Crippen molar-refractivity contribution in [1.82, 2.24) is 9.97 Å². The number of para-hydroxylation sites is 1. The monoisotopic (exact) mass is 349 g/mol. The number of nitrogens with zero attached hydrogens (tertiary/aromatic N) is 3. The van der Waals surface area contributed by atoms with Crippen molar-refractivity contribution < 1.29 is 4.79 Å². The Balaban J connectivity index is 1.78. The molecule has 0 aliphatic rings. The molecule has 7 heteroatoms. The van der Waals surface area contributed by atoms with Crippen molar-refractivity contribution in [3.8, 4) is 6.07 Å². The molecule has 122 valence electrons. The summed E-state index contributed by atoms with van der Waals surface area (Å²) in [5.41, 5.74) is 1.91. The van der Waals surface area contributed by atoms with E-state index in [-0.39, 0.29) is 5.69 Å². The number of benzene rings is 2. The van der Waals surface area contributed by atoms with Crippen LogP contribution in [0.2, 0.25) is 5.02 Å². The second-order valence-corrected chi connectivity index (χ2v) is 5.45. The van der Waals surface area contributed by atoms with Crippen LogP contribution in [0.3, 0.4) is 0 Å². The van der Waals surface area contributed by atoms with Crippen molar-refractivity contribution in [2.45, 2.75) is 0 Å². The summed E-state index contributed by atoms with van der Waals surface area (Å²) in [7, 11) is 0. The van der Waals surface area contributed by atoms with Crippen molar-refractivity contribution in [3.05, 3.63) is 77.2 Å². The molecule has 0 bridgehead atoms. The number of halogens is 1. The molecule has 0 saturated carbocycles. The number of rotatable bonds is 4. The van der Waals surface area contributed by atoms with E-state index in [0.717, 1.165) is 0 Å². The third-order valence-corrected chi connectivity index (χ3v) is 3.62. The molecule has 0 unspecified atom stereocenters. The Hall–Kier alpha value is -3.43. The summed E-state index contributed by atoms with van der Waals surface area (Å²) in [5, 5.41) is 15.1. The fraction of sp³-hybridized carbons (Fsp3) is 0. The fourth-order valence-corrected chi connectivity index (χ4v) is 2.30. The minimum absolute atomic E-state index is 0.189. The van der Waals surface area contributed by atoms with Crippen molar-refractivity contribution in [2.24, 2.45) is 0 Å². The first-order valence-corrected chi connectivity index (χ1v) is 7.68. The standard InChI is InChI=1S/C18H12ClN5O/c19-14-6-1-2-7-15(14)24-18(25)16-9-17(22-11-21-16)23-13-5-3-4-12(8-13)10-20/h1-9,11H,(H,24,25)(H,21,22,23). The van der Waals surface area contributed by atoms with Gasteiger partial charge >= 0.3 is 0 Å². The molecule has 25 heavy (non-hydrogen) atoms. The zero-order valence-electron chi connectivity index (χ0n) is 12.9. The molecule has 0 saturated heterocycles. The molecule has 1 aromatic heterocycles. The molecule has 0 radical (unpaired) electrons. The van der Waals surface area contributed by atoms with Crippen LogP contribution < -0.4 is 10.6 Å². The van der Waals surface area contributed by atoms with Crippen molar-refractivity contribution in [1.29, 1.82) is 5.26 Å². The van der Waals surface area contributed by atoms with Crippen molar-refractivity contribution in [2.75, 3.05) is 10.6 Å². The molecule has 3 rings (SSSR count). The molecule has 1 heterocycles. The van der Waals surface area contributed by atoms with Crippen LogP contribution in [0.4, 0.5) is 17.2 Å². The van der Waals surface area contributed by atoms with Gasteiger partial charge in [0.25, 0.3) is 5.91 Å². The van der Waals surface area contributed by atoms with Crippen LogP contribution in [0.5, 0.6) is 0 Å². The van der Waals surface area contributed by atoms with Crippen LogP contribution >= 0.6 is 11.6 Å². The van der Waals surface area contributed by atoms with E-state index < -0.39 is 5.91 Å². The molecular formula is C18H12ClN5O. The number of carbonyl (C=O) groups excluding carboxylic acids is 1. The molecular weight excluding hydrogens is 338 g/mol. The van der Waals surface area contributed by atoms with Crippen molar-refractivity contribution in [3.63, 3.8) is 0 Å². The molecule has 0 aliphatic carbocycles. The van der Waals surface area contributed by atoms with E-state index >= 15 is 0 Å². The predicted octanol–water partition coefficient (Wildman–Crippen LogP) is 4.00. The van der Waals surface area contributed by atoms with Gasteiger partial charge in [-0.25, -0.2) is 9.97 Å². The van der Waals surface area contributed by atoms with Gasteiger partial charge in [-0.1, -0.05) is 29.8 Å². The highest BCUT2D eigenvalue weighted by atomic mass is 35.5. The van der Waals surface area contributed by atoms with Crippen LogP contribution in [0, 0.1) is 11.3 Å². The van der Waals surface area contributed by atoms with E-state index in [1.54, 1.807) is 48.5 Å². The number of nitrogens with one attached hydrogen (secondary N) is 2. The number of carbonyl (C=O) groups is 1.